The van der Waals surface area contributed by atoms with Crippen LogP contribution in [0, 0.1) is 29.6 Å². The van der Waals surface area contributed by atoms with E-state index in [1.807, 2.05) is 0 Å². The van der Waals surface area contributed by atoms with Crippen LogP contribution < -0.4 is 4.74 Å². The van der Waals surface area contributed by atoms with Crippen molar-refractivity contribution >= 4 is 5.97 Å². The highest BCUT2D eigenvalue weighted by molar-refractivity contribution is 5.67. The van der Waals surface area contributed by atoms with Gasteiger partial charge in [-0.25, -0.2) is 0 Å². The summed E-state index contributed by atoms with van der Waals surface area (Å²) in [6.45, 7) is 3.75. The molecule has 26 heavy (non-hydrogen) atoms. The van der Waals surface area contributed by atoms with E-state index >= 15 is 0 Å². The van der Waals surface area contributed by atoms with Crippen LogP contribution in [0.2, 0.25) is 0 Å². The monoisotopic (exact) mass is 352 g/mol. The summed E-state index contributed by atoms with van der Waals surface area (Å²) in [4.78, 5) is 11.8. The van der Waals surface area contributed by atoms with E-state index in [-0.39, 0.29) is 11.4 Å². The quantitative estimate of drug-likeness (QED) is 0.581. The van der Waals surface area contributed by atoms with Gasteiger partial charge in [0.05, 0.1) is 7.11 Å². The fourth-order valence-electron chi connectivity index (χ4n) is 6.36. The fraction of sp³-hybridized carbons (Fsp3) is 0.609. The number of methoxy groups -OCH3 is 1. The summed E-state index contributed by atoms with van der Waals surface area (Å²) in [5, 5.41) is 0. The lowest BCUT2D eigenvalue weighted by Crippen LogP contribution is -2.52. The molecule has 3 nitrogen and oxygen atoms in total. The minimum absolute atomic E-state index is 0.113. The van der Waals surface area contributed by atoms with E-state index < -0.39 is 5.60 Å². The molecule has 2 saturated carbocycles. The average Bonchev–Trinajstić information content (AvgIpc) is 2.93. The van der Waals surface area contributed by atoms with Gasteiger partial charge >= 0.3 is 5.97 Å². The van der Waals surface area contributed by atoms with E-state index in [9.17, 15) is 4.79 Å². The van der Waals surface area contributed by atoms with Crippen molar-refractivity contribution in [2.24, 2.45) is 17.3 Å². The minimum atomic E-state index is -0.728. The second-order valence-electron chi connectivity index (χ2n) is 8.54. The summed E-state index contributed by atoms with van der Waals surface area (Å²) < 4.78 is 11.2. The number of rotatable bonds is 2. The Hall–Kier alpha value is -1.95. The highest BCUT2D eigenvalue weighted by Gasteiger charge is 2.63. The number of terminal acetylenes is 1. The molecule has 3 aliphatic carbocycles. The molecule has 0 radical (unpaired) electrons. The molecule has 2 fully saturated rings. The molecule has 4 rings (SSSR count). The van der Waals surface area contributed by atoms with Crippen molar-refractivity contribution in [3.05, 3.63) is 29.3 Å². The Morgan fingerprint density at radius 1 is 1.27 bits per heavy atom. The van der Waals surface area contributed by atoms with Crippen LogP contribution >= 0.6 is 0 Å². The van der Waals surface area contributed by atoms with Gasteiger partial charge in [-0.15, -0.1) is 6.42 Å². The molecule has 0 heterocycles. The van der Waals surface area contributed by atoms with Gasteiger partial charge < -0.3 is 9.47 Å². The summed E-state index contributed by atoms with van der Waals surface area (Å²) in [5.41, 5.74) is 2.10. The van der Waals surface area contributed by atoms with Crippen LogP contribution in [-0.2, 0) is 16.0 Å². The van der Waals surface area contributed by atoms with E-state index in [1.54, 1.807) is 7.11 Å². The van der Waals surface area contributed by atoms with E-state index in [1.165, 1.54) is 24.5 Å². The number of benzene rings is 1. The molecule has 0 bridgehead atoms. The van der Waals surface area contributed by atoms with Crippen molar-refractivity contribution in [2.45, 2.75) is 63.9 Å². The normalized spacial score (nSPS) is 37.7. The van der Waals surface area contributed by atoms with Crippen molar-refractivity contribution in [1.29, 1.82) is 0 Å². The van der Waals surface area contributed by atoms with Crippen LogP contribution in [-0.4, -0.2) is 18.7 Å². The zero-order valence-electron chi connectivity index (χ0n) is 16.0. The van der Waals surface area contributed by atoms with Gasteiger partial charge in [0, 0.05) is 12.3 Å². The van der Waals surface area contributed by atoms with Gasteiger partial charge in [-0.05, 0) is 79.5 Å². The molecule has 0 amide bonds. The van der Waals surface area contributed by atoms with Gasteiger partial charge in [-0.3, -0.25) is 4.79 Å². The second-order valence-corrected chi connectivity index (χ2v) is 8.54. The molecule has 1 aromatic carbocycles. The topological polar surface area (TPSA) is 35.5 Å². The Kier molecular flexibility index (Phi) is 4.06. The van der Waals surface area contributed by atoms with Gasteiger partial charge in [0.2, 0.25) is 0 Å². The first kappa shape index (κ1) is 17.5. The molecular formula is C23H28O3. The minimum Gasteiger partial charge on any atom is -0.497 e. The first-order valence-corrected chi connectivity index (χ1v) is 9.78. The molecule has 0 unspecified atom stereocenters. The van der Waals surface area contributed by atoms with E-state index in [0.717, 1.165) is 37.9 Å². The number of carbonyl (C=O) groups excluding carboxylic acids is 1. The van der Waals surface area contributed by atoms with Crippen molar-refractivity contribution in [3.63, 3.8) is 0 Å². The molecule has 0 aliphatic heterocycles. The first-order valence-electron chi connectivity index (χ1n) is 9.78. The molecule has 0 saturated heterocycles. The van der Waals surface area contributed by atoms with Crippen LogP contribution in [0.4, 0.5) is 0 Å². The third-order valence-corrected chi connectivity index (χ3v) is 7.60. The zero-order valence-corrected chi connectivity index (χ0v) is 16.0. The molecule has 0 N–H and O–H groups in total. The SMILES string of the molecule is C#C[C@]1(OC(C)=O)CC[C@H]2[C@H]3CCc4cc(OC)ccc4[C@H]3CC[C@@]21C. The van der Waals surface area contributed by atoms with E-state index in [2.05, 4.69) is 31.0 Å². The molecule has 3 heteroatoms. The summed E-state index contributed by atoms with van der Waals surface area (Å²) in [6, 6.07) is 6.57. The van der Waals surface area contributed by atoms with Crippen molar-refractivity contribution < 1.29 is 14.3 Å². The Bertz CT molecular complexity index is 776. The van der Waals surface area contributed by atoms with E-state index in [0.29, 0.717) is 17.8 Å². The van der Waals surface area contributed by atoms with Gasteiger partial charge in [0.1, 0.15) is 5.75 Å². The molecule has 3 aliphatic rings. The maximum Gasteiger partial charge on any atom is 0.304 e. The van der Waals surface area contributed by atoms with Crippen LogP contribution in [0.15, 0.2) is 18.2 Å². The first-order chi connectivity index (χ1) is 12.4. The third-order valence-electron chi connectivity index (χ3n) is 7.60. The number of esters is 1. The van der Waals surface area contributed by atoms with Crippen LogP contribution in [0.25, 0.3) is 0 Å². The highest BCUT2D eigenvalue weighted by atomic mass is 16.6. The standard InChI is InChI=1S/C23H28O3/c1-5-23(26-15(2)24)13-11-21-20-8-6-16-14-17(25-4)7-9-18(16)19(20)10-12-22(21,23)3/h1,7,9,14,19-21H,6,8,10-13H2,2-4H3/t19-,20+,21+,22+,23+/m1/s1. The lowest BCUT2D eigenvalue weighted by molar-refractivity contribution is -0.165. The summed E-state index contributed by atoms with van der Waals surface area (Å²) in [5.74, 6) is 5.35. The number of aryl methyl sites for hydroxylation is 1. The Labute approximate surface area is 156 Å². The predicted molar refractivity (Wildman–Crippen MR) is 101 cm³/mol. The predicted octanol–water partition coefficient (Wildman–Crippen LogP) is 4.49. The van der Waals surface area contributed by atoms with Crippen LogP contribution in [0.1, 0.15) is 63.0 Å². The number of hydrogen-bond donors (Lipinski definition) is 0. The number of carbonyl (C=O) groups is 1. The molecule has 1 aromatic rings. The average molecular weight is 352 g/mol. The van der Waals surface area contributed by atoms with Crippen LogP contribution in [0.3, 0.4) is 0 Å². The molecule has 138 valence electrons. The second kappa shape index (κ2) is 6.05. The maximum absolute atomic E-state index is 11.8. The molecule has 0 spiro atoms. The lowest BCUT2D eigenvalue weighted by atomic mass is 9.53. The molecule has 0 aromatic heterocycles. The summed E-state index contributed by atoms with van der Waals surface area (Å²) in [7, 11) is 1.73. The molecular weight excluding hydrogens is 324 g/mol. The van der Waals surface area contributed by atoms with Crippen LogP contribution in [0.5, 0.6) is 5.75 Å². The van der Waals surface area contributed by atoms with Gasteiger partial charge in [-0.2, -0.15) is 0 Å². The van der Waals surface area contributed by atoms with Crippen molar-refractivity contribution in [1.82, 2.24) is 0 Å². The Morgan fingerprint density at radius 3 is 2.77 bits per heavy atom. The van der Waals surface area contributed by atoms with E-state index in [4.69, 9.17) is 15.9 Å². The zero-order chi connectivity index (χ0) is 18.5. The summed E-state index contributed by atoms with van der Waals surface area (Å²) >= 11 is 0. The van der Waals surface area contributed by atoms with Crippen molar-refractivity contribution in [2.75, 3.05) is 7.11 Å². The van der Waals surface area contributed by atoms with Gasteiger partial charge in [0.15, 0.2) is 5.60 Å². The highest BCUT2D eigenvalue weighted by Crippen LogP contribution is 2.65. The summed E-state index contributed by atoms with van der Waals surface area (Å²) in [6.07, 6.45) is 12.2. The number of hydrogen-bond acceptors (Lipinski definition) is 3. The largest absolute Gasteiger partial charge is 0.497 e. The number of ether oxygens (including phenoxy) is 2. The van der Waals surface area contributed by atoms with Crippen molar-refractivity contribution in [3.8, 4) is 18.1 Å². The Morgan fingerprint density at radius 2 is 2.08 bits per heavy atom. The number of fused-ring (bicyclic) bond motifs is 5. The Balaban J connectivity index is 1.68. The molecule has 5 atom stereocenters. The maximum atomic E-state index is 11.8. The van der Waals surface area contributed by atoms with Gasteiger partial charge in [0.25, 0.3) is 0 Å². The van der Waals surface area contributed by atoms with Gasteiger partial charge in [-0.1, -0.05) is 18.9 Å². The fourth-order valence-corrected chi connectivity index (χ4v) is 6.36. The third kappa shape index (κ3) is 2.31. The smallest absolute Gasteiger partial charge is 0.304 e. The lowest BCUT2D eigenvalue weighted by Gasteiger charge is -2.52.